The lowest BCUT2D eigenvalue weighted by Gasteiger charge is -2.71. The monoisotopic (exact) mass is 628 g/mol. The van der Waals surface area contributed by atoms with Crippen LogP contribution in [-0.4, -0.2) is 49.8 Å². The van der Waals surface area contributed by atoms with Crippen LogP contribution < -0.4 is 0 Å². The van der Waals surface area contributed by atoms with E-state index in [1.807, 2.05) is 0 Å². The third-order valence-corrected chi connectivity index (χ3v) is 14.2. The Hall–Kier alpha value is -2.38. The first-order valence-electron chi connectivity index (χ1n) is 17.1. The predicted molar refractivity (Wildman–Crippen MR) is 169 cm³/mol. The summed E-state index contributed by atoms with van der Waals surface area (Å²) in [6.45, 7) is 18.6. The van der Waals surface area contributed by atoms with E-state index in [1.54, 1.807) is 0 Å². The average Bonchev–Trinajstić information content (AvgIpc) is 2.93. The number of ether oxygens (including phenoxy) is 4. The Bertz CT molecular complexity index is 1280. The minimum atomic E-state index is -0.565. The molecule has 10 unspecified atom stereocenters. The second-order valence-electron chi connectivity index (χ2n) is 17.0. The Balaban J connectivity index is 1.57. The van der Waals surface area contributed by atoms with E-state index in [1.165, 1.54) is 33.5 Å². The van der Waals surface area contributed by atoms with Gasteiger partial charge >= 0.3 is 23.9 Å². The topological polar surface area (TPSA) is 105 Å². The van der Waals surface area contributed by atoms with Crippen molar-refractivity contribution in [3.8, 4) is 0 Å². The van der Waals surface area contributed by atoms with Crippen molar-refractivity contribution in [3.63, 3.8) is 0 Å². The Kier molecular flexibility index (Phi) is 8.39. The van der Waals surface area contributed by atoms with Gasteiger partial charge in [0.15, 0.2) is 0 Å². The van der Waals surface area contributed by atoms with Gasteiger partial charge in [-0.15, -0.1) is 0 Å². The standard InChI is InChI=1S/C37H56O8/c1-22(38)43-21-33(6)15-17-37(31(41)42-10)18-16-35(8)25(26(37)19-33)11-12-29-34(7)20-27(44-23(2)39)30(45-24(3)40)32(4,5)28(34)13-14-36(29,35)9/h11,26-30H,12-21H2,1-10H3. The quantitative estimate of drug-likeness (QED) is 0.183. The van der Waals surface area contributed by atoms with E-state index in [0.717, 1.165) is 51.4 Å². The van der Waals surface area contributed by atoms with Crippen LogP contribution in [0.4, 0.5) is 0 Å². The van der Waals surface area contributed by atoms with E-state index < -0.39 is 17.6 Å². The molecule has 8 nitrogen and oxygen atoms in total. The van der Waals surface area contributed by atoms with Gasteiger partial charge in [0.25, 0.3) is 0 Å². The SMILES string of the molecule is COC(=O)C12CCC(C)(COC(C)=O)CC1C1=CCC3C4(C)CC(OC(C)=O)C(OC(C)=O)C(C)(C)C4CCC3(C)C1(C)CC2. The summed E-state index contributed by atoms with van der Waals surface area (Å²) >= 11 is 0. The predicted octanol–water partition coefficient (Wildman–Crippen LogP) is 6.98. The van der Waals surface area contributed by atoms with Crippen molar-refractivity contribution >= 4 is 23.9 Å². The van der Waals surface area contributed by atoms with Crippen LogP contribution in [-0.2, 0) is 38.1 Å². The summed E-state index contributed by atoms with van der Waals surface area (Å²) in [5.41, 5.74) is -0.141. The number of rotatable bonds is 5. The molecule has 4 fully saturated rings. The Morgan fingerprint density at radius 1 is 0.800 bits per heavy atom. The molecule has 8 heteroatoms. The molecule has 45 heavy (non-hydrogen) atoms. The number of carbonyl (C=O) groups excluding carboxylic acids is 4. The summed E-state index contributed by atoms with van der Waals surface area (Å²) < 4.78 is 23.0. The highest BCUT2D eigenvalue weighted by atomic mass is 16.6. The molecule has 0 bridgehead atoms. The fourth-order valence-corrected chi connectivity index (χ4v) is 11.9. The van der Waals surface area contributed by atoms with Gasteiger partial charge in [-0.3, -0.25) is 19.2 Å². The normalized spacial score (nSPS) is 44.8. The molecule has 252 valence electrons. The van der Waals surface area contributed by atoms with Gasteiger partial charge in [0.1, 0.15) is 12.2 Å². The molecular formula is C37H56O8. The zero-order chi connectivity index (χ0) is 33.4. The van der Waals surface area contributed by atoms with Crippen LogP contribution in [0.1, 0.15) is 120 Å². The van der Waals surface area contributed by atoms with Gasteiger partial charge in [0.05, 0.1) is 19.1 Å². The summed E-state index contributed by atoms with van der Waals surface area (Å²) in [7, 11) is 1.51. The Labute approximate surface area is 269 Å². The van der Waals surface area contributed by atoms with E-state index in [-0.39, 0.29) is 62.8 Å². The molecule has 0 heterocycles. The fraction of sp³-hybridized carbons (Fsp3) is 0.838. The zero-order valence-corrected chi connectivity index (χ0v) is 29.3. The molecule has 10 atom stereocenters. The largest absolute Gasteiger partial charge is 0.469 e. The van der Waals surface area contributed by atoms with Gasteiger partial charge in [-0.05, 0) is 91.8 Å². The Morgan fingerprint density at radius 2 is 1.44 bits per heavy atom. The molecule has 0 saturated heterocycles. The molecule has 5 aliphatic carbocycles. The van der Waals surface area contributed by atoms with Gasteiger partial charge in [-0.2, -0.15) is 0 Å². The summed E-state index contributed by atoms with van der Waals surface area (Å²) in [4.78, 5) is 50.1. The van der Waals surface area contributed by atoms with E-state index >= 15 is 0 Å². The van der Waals surface area contributed by atoms with Crippen LogP contribution >= 0.6 is 0 Å². The van der Waals surface area contributed by atoms with E-state index in [0.29, 0.717) is 18.9 Å². The molecule has 0 aromatic rings. The molecule has 4 saturated carbocycles. The fourth-order valence-electron chi connectivity index (χ4n) is 11.9. The summed E-state index contributed by atoms with van der Waals surface area (Å²) in [6, 6.07) is 0. The second-order valence-corrected chi connectivity index (χ2v) is 17.0. The highest BCUT2D eigenvalue weighted by molar-refractivity contribution is 5.78. The Morgan fingerprint density at radius 3 is 2.04 bits per heavy atom. The lowest BCUT2D eigenvalue weighted by molar-refractivity contribution is -0.244. The molecule has 5 rings (SSSR count). The smallest absolute Gasteiger partial charge is 0.312 e. The minimum absolute atomic E-state index is 0.0197. The van der Waals surface area contributed by atoms with Gasteiger partial charge in [-0.25, -0.2) is 0 Å². The third-order valence-electron chi connectivity index (χ3n) is 14.2. The van der Waals surface area contributed by atoms with Crippen molar-refractivity contribution in [1.82, 2.24) is 0 Å². The number of methoxy groups -OCH3 is 1. The van der Waals surface area contributed by atoms with Crippen molar-refractivity contribution in [2.75, 3.05) is 13.7 Å². The van der Waals surface area contributed by atoms with Crippen molar-refractivity contribution in [3.05, 3.63) is 11.6 Å². The molecule has 0 aromatic heterocycles. The number of hydrogen-bond donors (Lipinski definition) is 0. The number of hydrogen-bond acceptors (Lipinski definition) is 8. The van der Waals surface area contributed by atoms with E-state index in [2.05, 4.69) is 47.6 Å². The number of allylic oxidation sites excluding steroid dienone is 2. The van der Waals surface area contributed by atoms with Crippen molar-refractivity contribution < 1.29 is 38.1 Å². The van der Waals surface area contributed by atoms with E-state index in [4.69, 9.17) is 18.9 Å². The van der Waals surface area contributed by atoms with Crippen molar-refractivity contribution in [1.29, 1.82) is 0 Å². The van der Waals surface area contributed by atoms with Crippen LogP contribution in [0.3, 0.4) is 0 Å². The summed E-state index contributed by atoms with van der Waals surface area (Å²) in [5.74, 6) is -0.477. The highest BCUT2D eigenvalue weighted by Crippen LogP contribution is 2.76. The maximum absolute atomic E-state index is 13.7. The molecule has 0 N–H and O–H groups in total. The van der Waals surface area contributed by atoms with Crippen molar-refractivity contribution in [2.24, 2.45) is 50.2 Å². The lowest BCUT2D eigenvalue weighted by atomic mass is 9.33. The summed E-state index contributed by atoms with van der Waals surface area (Å²) in [5, 5.41) is 0. The maximum atomic E-state index is 13.7. The molecule has 0 aliphatic heterocycles. The van der Waals surface area contributed by atoms with E-state index in [9.17, 15) is 19.2 Å². The molecular weight excluding hydrogens is 572 g/mol. The van der Waals surface area contributed by atoms with Gasteiger partial charge in [-0.1, -0.05) is 53.2 Å². The summed E-state index contributed by atoms with van der Waals surface area (Å²) in [6.07, 6.45) is 9.00. The van der Waals surface area contributed by atoms with Crippen molar-refractivity contribution in [2.45, 2.75) is 132 Å². The first-order chi connectivity index (χ1) is 20.8. The molecule has 0 spiro atoms. The number of fused-ring (bicyclic) bond motifs is 7. The maximum Gasteiger partial charge on any atom is 0.312 e. The van der Waals surface area contributed by atoms with Crippen LogP contribution in [0.15, 0.2) is 11.6 Å². The third kappa shape index (κ3) is 5.06. The number of esters is 4. The van der Waals surface area contributed by atoms with Crippen LogP contribution in [0.2, 0.25) is 0 Å². The zero-order valence-electron chi connectivity index (χ0n) is 29.3. The minimum Gasteiger partial charge on any atom is -0.469 e. The molecule has 5 aliphatic rings. The first kappa shape index (κ1) is 34.0. The highest BCUT2D eigenvalue weighted by Gasteiger charge is 2.71. The molecule has 0 radical (unpaired) electrons. The molecule has 0 amide bonds. The number of carbonyl (C=O) groups is 4. The van der Waals surface area contributed by atoms with Gasteiger partial charge in [0.2, 0.25) is 0 Å². The van der Waals surface area contributed by atoms with Crippen LogP contribution in [0.5, 0.6) is 0 Å². The average molecular weight is 629 g/mol. The lowest BCUT2D eigenvalue weighted by Crippen LogP contribution is -2.67. The van der Waals surface area contributed by atoms with Crippen LogP contribution in [0, 0.1) is 50.2 Å². The van der Waals surface area contributed by atoms with Gasteiger partial charge in [0, 0.05) is 31.6 Å². The van der Waals surface area contributed by atoms with Crippen LogP contribution in [0.25, 0.3) is 0 Å². The second kappa shape index (κ2) is 11.1. The molecule has 0 aromatic carbocycles. The first-order valence-corrected chi connectivity index (χ1v) is 17.1. The van der Waals surface area contributed by atoms with Gasteiger partial charge < -0.3 is 18.9 Å².